The second kappa shape index (κ2) is 5.47. The number of nitrogens with two attached hydrogens (primary N) is 1. The summed E-state index contributed by atoms with van der Waals surface area (Å²) >= 11 is 0. The van der Waals surface area contributed by atoms with Crippen molar-refractivity contribution in [2.75, 3.05) is 18.0 Å². The molecule has 1 aromatic heterocycles. The Morgan fingerprint density at radius 2 is 2.21 bits per heavy atom. The van der Waals surface area contributed by atoms with Crippen molar-refractivity contribution in [2.24, 2.45) is 16.8 Å². The smallest absolute Gasteiger partial charge is 0.174 e. The van der Waals surface area contributed by atoms with Gasteiger partial charge in [-0.3, -0.25) is 4.98 Å². The molecule has 0 saturated heterocycles. The number of rotatable bonds is 5. The van der Waals surface area contributed by atoms with Gasteiger partial charge in [0.25, 0.3) is 0 Å². The van der Waals surface area contributed by atoms with Crippen LogP contribution in [-0.4, -0.2) is 29.1 Å². The molecule has 1 fully saturated rings. The fraction of sp³-hybridized carbons (Fsp3) is 0.571. The van der Waals surface area contributed by atoms with Crippen molar-refractivity contribution >= 4 is 11.5 Å². The van der Waals surface area contributed by atoms with Crippen LogP contribution in [0.4, 0.5) is 5.69 Å². The number of amidine groups is 1. The summed E-state index contributed by atoms with van der Waals surface area (Å²) in [5, 5.41) is 12.1. The van der Waals surface area contributed by atoms with Gasteiger partial charge in [-0.05, 0) is 45.6 Å². The largest absolute Gasteiger partial charge is 0.409 e. The van der Waals surface area contributed by atoms with Gasteiger partial charge in [0.05, 0.1) is 16.9 Å². The van der Waals surface area contributed by atoms with Crippen LogP contribution in [0.15, 0.2) is 11.2 Å². The maximum Gasteiger partial charge on any atom is 0.174 e. The minimum atomic E-state index is 0.134. The lowest BCUT2D eigenvalue weighted by Crippen LogP contribution is -2.29. The predicted molar refractivity (Wildman–Crippen MR) is 76.8 cm³/mol. The first kappa shape index (κ1) is 13.6. The first-order valence-corrected chi connectivity index (χ1v) is 6.77. The zero-order valence-corrected chi connectivity index (χ0v) is 11.8. The molecule has 0 radical (unpaired) electrons. The maximum atomic E-state index is 8.97. The zero-order chi connectivity index (χ0) is 14.0. The van der Waals surface area contributed by atoms with Gasteiger partial charge in [-0.15, -0.1) is 0 Å². The molecule has 0 aromatic carbocycles. The first-order chi connectivity index (χ1) is 9.06. The van der Waals surface area contributed by atoms with E-state index in [0.29, 0.717) is 0 Å². The van der Waals surface area contributed by atoms with Crippen molar-refractivity contribution in [1.82, 2.24) is 4.98 Å². The number of aryl methyl sites for hydroxylation is 2. The average molecular weight is 262 g/mol. The SMILES string of the molecule is CCN(CC1CC1)c1cc(C)nc(C)c1/C(N)=N/O. The summed E-state index contributed by atoms with van der Waals surface area (Å²) in [6.45, 7) is 7.94. The van der Waals surface area contributed by atoms with E-state index in [1.807, 2.05) is 19.9 Å². The summed E-state index contributed by atoms with van der Waals surface area (Å²) < 4.78 is 0. The highest BCUT2D eigenvalue weighted by atomic mass is 16.4. The maximum absolute atomic E-state index is 8.97. The molecular weight excluding hydrogens is 240 g/mol. The zero-order valence-electron chi connectivity index (χ0n) is 11.8. The summed E-state index contributed by atoms with van der Waals surface area (Å²) in [4.78, 5) is 6.71. The fourth-order valence-electron chi connectivity index (χ4n) is 2.43. The van der Waals surface area contributed by atoms with Crippen LogP contribution in [0.1, 0.15) is 36.7 Å². The Balaban J connectivity index is 2.45. The van der Waals surface area contributed by atoms with Gasteiger partial charge in [-0.25, -0.2) is 0 Å². The molecule has 5 nitrogen and oxygen atoms in total. The Morgan fingerprint density at radius 1 is 1.53 bits per heavy atom. The highest BCUT2D eigenvalue weighted by Crippen LogP contribution is 2.33. The van der Waals surface area contributed by atoms with Gasteiger partial charge < -0.3 is 15.8 Å². The van der Waals surface area contributed by atoms with Crippen molar-refractivity contribution in [3.63, 3.8) is 0 Å². The number of pyridine rings is 1. The number of aromatic nitrogens is 1. The summed E-state index contributed by atoms with van der Waals surface area (Å²) in [7, 11) is 0. The first-order valence-electron chi connectivity index (χ1n) is 6.77. The molecule has 1 saturated carbocycles. The summed E-state index contributed by atoms with van der Waals surface area (Å²) in [5.41, 5.74) is 9.35. The van der Waals surface area contributed by atoms with Crippen molar-refractivity contribution in [3.8, 4) is 0 Å². The van der Waals surface area contributed by atoms with Crippen LogP contribution in [-0.2, 0) is 0 Å². The second-order valence-electron chi connectivity index (χ2n) is 5.21. The van der Waals surface area contributed by atoms with Crippen molar-refractivity contribution < 1.29 is 5.21 Å². The van der Waals surface area contributed by atoms with E-state index in [0.717, 1.165) is 41.6 Å². The minimum absolute atomic E-state index is 0.134. The second-order valence-corrected chi connectivity index (χ2v) is 5.21. The van der Waals surface area contributed by atoms with E-state index in [4.69, 9.17) is 10.9 Å². The molecule has 1 aliphatic carbocycles. The van der Waals surface area contributed by atoms with Crippen LogP contribution >= 0.6 is 0 Å². The lowest BCUT2D eigenvalue weighted by molar-refractivity contribution is 0.318. The van der Waals surface area contributed by atoms with Gasteiger partial charge in [-0.1, -0.05) is 5.16 Å². The normalized spacial score (nSPS) is 15.6. The van der Waals surface area contributed by atoms with E-state index in [9.17, 15) is 0 Å². The third kappa shape index (κ3) is 2.97. The Kier molecular flexibility index (Phi) is 3.93. The monoisotopic (exact) mass is 262 g/mol. The van der Waals surface area contributed by atoms with Crippen molar-refractivity contribution in [2.45, 2.75) is 33.6 Å². The summed E-state index contributed by atoms with van der Waals surface area (Å²) in [5.74, 6) is 0.920. The minimum Gasteiger partial charge on any atom is -0.409 e. The molecule has 1 aliphatic rings. The Hall–Kier alpha value is -1.78. The number of hydrogen-bond acceptors (Lipinski definition) is 4. The van der Waals surface area contributed by atoms with Crippen LogP contribution in [0.25, 0.3) is 0 Å². The molecule has 0 bridgehead atoms. The number of anilines is 1. The average Bonchev–Trinajstić information content (AvgIpc) is 3.18. The molecule has 0 amide bonds. The molecule has 0 atom stereocenters. The predicted octanol–water partition coefficient (Wildman–Crippen LogP) is 2.03. The molecule has 1 aromatic rings. The van der Waals surface area contributed by atoms with E-state index in [1.54, 1.807) is 0 Å². The molecule has 1 heterocycles. The molecule has 0 unspecified atom stereocenters. The lowest BCUT2D eigenvalue weighted by Gasteiger charge is -2.26. The van der Waals surface area contributed by atoms with Crippen molar-refractivity contribution in [3.05, 3.63) is 23.0 Å². The van der Waals surface area contributed by atoms with E-state index < -0.39 is 0 Å². The molecule has 0 aliphatic heterocycles. The van der Waals surface area contributed by atoms with Crippen LogP contribution in [0.3, 0.4) is 0 Å². The van der Waals surface area contributed by atoms with Gasteiger partial charge >= 0.3 is 0 Å². The van der Waals surface area contributed by atoms with Crippen LogP contribution in [0.5, 0.6) is 0 Å². The molecule has 3 N–H and O–H groups in total. The highest BCUT2D eigenvalue weighted by Gasteiger charge is 2.26. The molecule has 2 rings (SSSR count). The van der Waals surface area contributed by atoms with Gasteiger partial charge in [0.2, 0.25) is 0 Å². The third-order valence-electron chi connectivity index (χ3n) is 3.57. The van der Waals surface area contributed by atoms with Crippen molar-refractivity contribution in [1.29, 1.82) is 0 Å². The number of nitrogens with zero attached hydrogens (tertiary/aromatic N) is 3. The quantitative estimate of drug-likeness (QED) is 0.368. The topological polar surface area (TPSA) is 74.7 Å². The molecule has 19 heavy (non-hydrogen) atoms. The van der Waals surface area contributed by atoms with Gasteiger partial charge in [0.15, 0.2) is 5.84 Å². The van der Waals surface area contributed by atoms with Gasteiger partial charge in [0.1, 0.15) is 0 Å². The van der Waals surface area contributed by atoms with E-state index >= 15 is 0 Å². The van der Waals surface area contributed by atoms with E-state index in [2.05, 4.69) is 22.0 Å². The van der Waals surface area contributed by atoms with Crippen LogP contribution in [0, 0.1) is 19.8 Å². The number of oxime groups is 1. The van der Waals surface area contributed by atoms with Crippen LogP contribution in [0.2, 0.25) is 0 Å². The summed E-state index contributed by atoms with van der Waals surface area (Å²) in [6.07, 6.45) is 2.61. The summed E-state index contributed by atoms with van der Waals surface area (Å²) in [6, 6.07) is 2.02. The Labute approximate surface area is 114 Å². The number of hydrogen-bond donors (Lipinski definition) is 2. The molecule has 5 heteroatoms. The van der Waals surface area contributed by atoms with Gasteiger partial charge in [0, 0.05) is 18.8 Å². The standard InChI is InChI=1S/C14H22N4O/c1-4-18(8-11-5-6-11)12-7-9(2)16-10(3)13(12)14(15)17-19/h7,11,19H,4-6,8H2,1-3H3,(H2,15,17). The Bertz CT molecular complexity index is 494. The van der Waals surface area contributed by atoms with Crippen LogP contribution < -0.4 is 10.6 Å². The molecular formula is C14H22N4O. The lowest BCUT2D eigenvalue weighted by atomic mass is 10.1. The van der Waals surface area contributed by atoms with Gasteiger partial charge in [-0.2, -0.15) is 0 Å². The molecule has 0 spiro atoms. The fourth-order valence-corrected chi connectivity index (χ4v) is 2.43. The van der Waals surface area contributed by atoms with E-state index in [-0.39, 0.29) is 5.84 Å². The molecule has 104 valence electrons. The Morgan fingerprint density at radius 3 is 2.74 bits per heavy atom. The highest BCUT2D eigenvalue weighted by molar-refractivity contribution is 6.03. The third-order valence-corrected chi connectivity index (χ3v) is 3.57. The van der Waals surface area contributed by atoms with E-state index in [1.165, 1.54) is 12.8 Å².